The molecule has 5 nitrogen and oxygen atoms in total. The maximum absolute atomic E-state index is 12.1. The van der Waals surface area contributed by atoms with Crippen molar-refractivity contribution in [1.29, 1.82) is 5.26 Å². The molecule has 0 atom stereocenters. The third-order valence-electron chi connectivity index (χ3n) is 2.17. The van der Waals surface area contributed by atoms with E-state index in [0.29, 0.717) is 5.69 Å². The van der Waals surface area contributed by atoms with Gasteiger partial charge in [-0.05, 0) is 38.4 Å². The Hall–Kier alpha value is -1.67. The number of carbonyl (C=O) groups is 1. The van der Waals surface area contributed by atoms with Crippen LogP contribution in [-0.4, -0.2) is 33.4 Å². The van der Waals surface area contributed by atoms with Crippen LogP contribution in [0.4, 0.5) is 0 Å². The fraction of sp³-hybridized carbons (Fsp3) is 0.455. The average molecular weight is 253 g/mol. The van der Waals surface area contributed by atoms with Crippen LogP contribution in [0.5, 0.6) is 0 Å². The molecule has 0 aromatic carbocycles. The van der Waals surface area contributed by atoms with Crippen LogP contribution in [0.15, 0.2) is 6.07 Å². The normalized spacial score (nSPS) is 10.1. The van der Waals surface area contributed by atoms with Gasteiger partial charge in [-0.3, -0.25) is 4.79 Å². The molecule has 1 heterocycles. The fourth-order valence-electron chi connectivity index (χ4n) is 1.35. The third-order valence-corrected chi connectivity index (χ3v) is 2.34. The summed E-state index contributed by atoms with van der Waals surface area (Å²) in [7, 11) is 0. The zero-order valence-corrected chi connectivity index (χ0v) is 10.7. The minimum atomic E-state index is -0.311. The van der Waals surface area contributed by atoms with E-state index in [1.807, 2.05) is 19.9 Å². The minimum absolute atomic E-state index is 0.0250. The van der Waals surface area contributed by atoms with Gasteiger partial charge >= 0.3 is 0 Å². The molecule has 0 saturated heterocycles. The molecule has 1 aromatic heterocycles. The molecule has 0 aliphatic carbocycles. The van der Waals surface area contributed by atoms with E-state index in [9.17, 15) is 4.79 Å². The molecule has 1 aromatic rings. The van der Waals surface area contributed by atoms with Gasteiger partial charge in [0.05, 0.1) is 6.07 Å². The van der Waals surface area contributed by atoms with Crippen molar-refractivity contribution in [3.05, 3.63) is 22.7 Å². The highest BCUT2D eigenvalue weighted by Gasteiger charge is 2.20. The van der Waals surface area contributed by atoms with Crippen LogP contribution in [-0.2, 0) is 0 Å². The Balaban J connectivity index is 3.05. The van der Waals surface area contributed by atoms with Crippen LogP contribution in [0.25, 0.3) is 0 Å². The summed E-state index contributed by atoms with van der Waals surface area (Å²) in [5.41, 5.74) is 0.834. The molecule has 6 heteroatoms. The second-order valence-corrected chi connectivity index (χ2v) is 4.19. The lowest BCUT2D eigenvalue weighted by atomic mass is 10.2. The van der Waals surface area contributed by atoms with Gasteiger partial charge in [-0.25, -0.2) is 9.97 Å². The van der Waals surface area contributed by atoms with Crippen molar-refractivity contribution in [2.24, 2.45) is 0 Å². The lowest BCUT2D eigenvalue weighted by Crippen LogP contribution is -2.37. The molecule has 0 bridgehead atoms. The van der Waals surface area contributed by atoms with E-state index in [2.05, 4.69) is 9.97 Å². The standard InChI is InChI=1S/C11H13ClN4O/c1-7(2)16(5-4-13)10(17)9-6-8(3)14-11(12)15-9/h6-7H,5H2,1-3H3. The molecule has 1 rings (SSSR count). The van der Waals surface area contributed by atoms with Crippen molar-refractivity contribution in [1.82, 2.24) is 14.9 Å². The number of carbonyl (C=O) groups excluding carboxylic acids is 1. The van der Waals surface area contributed by atoms with E-state index in [4.69, 9.17) is 16.9 Å². The minimum Gasteiger partial charge on any atom is -0.322 e. The van der Waals surface area contributed by atoms with Crippen molar-refractivity contribution in [2.45, 2.75) is 26.8 Å². The quantitative estimate of drug-likeness (QED) is 0.608. The Labute approximate surface area is 105 Å². The molecule has 0 saturated carbocycles. The van der Waals surface area contributed by atoms with Crippen molar-refractivity contribution >= 4 is 17.5 Å². The number of rotatable bonds is 3. The van der Waals surface area contributed by atoms with Gasteiger partial charge in [0.1, 0.15) is 12.2 Å². The Morgan fingerprint density at radius 1 is 1.59 bits per heavy atom. The number of amides is 1. The molecule has 0 fully saturated rings. The summed E-state index contributed by atoms with van der Waals surface area (Å²) < 4.78 is 0. The second kappa shape index (κ2) is 5.60. The number of hydrogen-bond donors (Lipinski definition) is 0. The van der Waals surface area contributed by atoms with Crippen LogP contribution >= 0.6 is 11.6 Å². The van der Waals surface area contributed by atoms with E-state index >= 15 is 0 Å². The Morgan fingerprint density at radius 3 is 2.71 bits per heavy atom. The van der Waals surface area contributed by atoms with Gasteiger partial charge in [0, 0.05) is 11.7 Å². The highest BCUT2D eigenvalue weighted by Crippen LogP contribution is 2.10. The molecule has 0 aliphatic heterocycles. The number of nitrogens with zero attached hydrogens (tertiary/aromatic N) is 4. The van der Waals surface area contributed by atoms with Crippen LogP contribution < -0.4 is 0 Å². The highest BCUT2D eigenvalue weighted by atomic mass is 35.5. The van der Waals surface area contributed by atoms with E-state index in [0.717, 1.165) is 0 Å². The van der Waals surface area contributed by atoms with Gasteiger partial charge in [-0.1, -0.05) is 0 Å². The van der Waals surface area contributed by atoms with Crippen molar-refractivity contribution in [2.75, 3.05) is 6.54 Å². The van der Waals surface area contributed by atoms with E-state index in [1.165, 1.54) is 4.90 Å². The first kappa shape index (κ1) is 13.4. The van der Waals surface area contributed by atoms with Crippen LogP contribution in [0, 0.1) is 18.3 Å². The summed E-state index contributed by atoms with van der Waals surface area (Å²) in [5, 5.41) is 8.72. The molecular formula is C11H13ClN4O. The predicted octanol–water partition coefficient (Wildman–Crippen LogP) is 1.81. The Morgan fingerprint density at radius 2 is 2.24 bits per heavy atom. The number of aromatic nitrogens is 2. The molecule has 17 heavy (non-hydrogen) atoms. The first-order valence-electron chi connectivity index (χ1n) is 5.14. The number of nitriles is 1. The smallest absolute Gasteiger partial charge is 0.273 e. The van der Waals surface area contributed by atoms with Gasteiger partial charge in [-0.2, -0.15) is 5.26 Å². The zero-order valence-electron chi connectivity index (χ0n) is 9.94. The third kappa shape index (κ3) is 3.40. The van der Waals surface area contributed by atoms with Gasteiger partial charge in [-0.15, -0.1) is 0 Å². The molecule has 0 aliphatic rings. The molecule has 0 radical (unpaired) electrons. The molecule has 1 amide bonds. The summed E-state index contributed by atoms with van der Waals surface area (Å²) in [4.78, 5) is 21.3. The Bertz CT molecular complexity index is 447. The zero-order chi connectivity index (χ0) is 13.0. The Kier molecular flexibility index (Phi) is 4.41. The molecular weight excluding hydrogens is 240 g/mol. The van der Waals surface area contributed by atoms with Gasteiger partial charge in [0.25, 0.3) is 5.91 Å². The van der Waals surface area contributed by atoms with Crippen LogP contribution in [0.2, 0.25) is 5.28 Å². The van der Waals surface area contributed by atoms with Crippen molar-refractivity contribution in [3.63, 3.8) is 0 Å². The highest BCUT2D eigenvalue weighted by molar-refractivity contribution is 6.28. The lowest BCUT2D eigenvalue weighted by Gasteiger charge is -2.23. The maximum Gasteiger partial charge on any atom is 0.273 e. The van der Waals surface area contributed by atoms with Crippen LogP contribution in [0.1, 0.15) is 30.0 Å². The topological polar surface area (TPSA) is 69.9 Å². The van der Waals surface area contributed by atoms with Gasteiger partial charge < -0.3 is 4.90 Å². The van der Waals surface area contributed by atoms with Crippen molar-refractivity contribution in [3.8, 4) is 6.07 Å². The van der Waals surface area contributed by atoms with Crippen LogP contribution in [0.3, 0.4) is 0 Å². The number of halogens is 1. The van der Waals surface area contributed by atoms with E-state index in [1.54, 1.807) is 13.0 Å². The maximum atomic E-state index is 12.1. The first-order chi connectivity index (χ1) is 7.95. The average Bonchev–Trinajstić information content (AvgIpc) is 2.23. The second-order valence-electron chi connectivity index (χ2n) is 3.85. The largest absolute Gasteiger partial charge is 0.322 e. The summed E-state index contributed by atoms with van der Waals surface area (Å²) >= 11 is 5.70. The summed E-state index contributed by atoms with van der Waals surface area (Å²) in [6.45, 7) is 5.43. The molecule has 0 spiro atoms. The number of hydrogen-bond acceptors (Lipinski definition) is 4. The van der Waals surface area contributed by atoms with E-state index in [-0.39, 0.29) is 29.5 Å². The fourth-order valence-corrected chi connectivity index (χ4v) is 1.58. The molecule has 90 valence electrons. The summed E-state index contributed by atoms with van der Waals surface area (Å²) in [6, 6.07) is 3.44. The predicted molar refractivity (Wildman–Crippen MR) is 63.6 cm³/mol. The van der Waals surface area contributed by atoms with Gasteiger partial charge in [0.2, 0.25) is 5.28 Å². The monoisotopic (exact) mass is 252 g/mol. The van der Waals surface area contributed by atoms with Crippen molar-refractivity contribution < 1.29 is 4.79 Å². The number of aryl methyl sites for hydroxylation is 1. The van der Waals surface area contributed by atoms with E-state index < -0.39 is 0 Å². The van der Waals surface area contributed by atoms with Gasteiger partial charge in [0.15, 0.2) is 0 Å². The molecule has 0 unspecified atom stereocenters. The SMILES string of the molecule is Cc1cc(C(=O)N(CC#N)C(C)C)nc(Cl)n1. The molecule has 0 N–H and O–H groups in total. The summed E-state index contributed by atoms with van der Waals surface area (Å²) in [6.07, 6.45) is 0. The first-order valence-corrected chi connectivity index (χ1v) is 5.52. The lowest BCUT2D eigenvalue weighted by molar-refractivity contribution is 0.0725. The summed E-state index contributed by atoms with van der Waals surface area (Å²) in [5.74, 6) is -0.311.